The molecule has 16 heteroatoms. The minimum absolute atomic E-state index is 0.0803. The van der Waals surface area contributed by atoms with Crippen LogP contribution in [-0.2, 0) is 20.9 Å². The summed E-state index contributed by atoms with van der Waals surface area (Å²) >= 11 is 6.22. The van der Waals surface area contributed by atoms with Gasteiger partial charge in [0.2, 0.25) is 5.91 Å². The molecule has 2 fully saturated rings. The Hall–Kier alpha value is -4.63. The molecular weight excluding hydrogens is 626 g/mol. The number of anilines is 1. The van der Waals surface area contributed by atoms with Crippen LogP contribution in [0.1, 0.15) is 36.0 Å². The number of carbonyl (C=O) groups is 3. The third-order valence-corrected chi connectivity index (χ3v) is 8.38. The van der Waals surface area contributed by atoms with E-state index in [1.165, 1.54) is 46.0 Å². The normalized spacial score (nSPS) is 17.2. The Bertz CT molecular complexity index is 1760. The summed E-state index contributed by atoms with van der Waals surface area (Å²) in [6.45, 7) is -1.58. The number of likely N-dealkylation sites (tertiary alicyclic amines) is 1. The van der Waals surface area contributed by atoms with Gasteiger partial charge in [-0.25, -0.2) is 9.50 Å². The Kier molecular flexibility index (Phi) is 9.12. The summed E-state index contributed by atoms with van der Waals surface area (Å²) in [6, 6.07) is 5.99. The first-order valence-electron chi connectivity index (χ1n) is 14.7. The molecule has 1 N–H and O–H groups in total. The predicted molar refractivity (Wildman–Crippen MR) is 162 cm³/mol. The smallest absolute Gasteiger partial charge is 0.387 e. The molecule has 4 aromatic rings. The van der Waals surface area contributed by atoms with Crippen LogP contribution in [0.4, 0.5) is 14.5 Å². The first-order chi connectivity index (χ1) is 22.1. The first kappa shape index (κ1) is 31.4. The summed E-state index contributed by atoms with van der Waals surface area (Å²) in [5, 5.41) is 11.6. The van der Waals surface area contributed by atoms with Crippen molar-refractivity contribution in [2.75, 3.05) is 32.0 Å². The minimum Gasteiger partial charge on any atom is -0.461 e. The number of hydrogen-bond donors (Lipinski definition) is 1. The lowest BCUT2D eigenvalue weighted by Crippen LogP contribution is -2.47. The van der Waals surface area contributed by atoms with Crippen LogP contribution in [0.5, 0.6) is 5.75 Å². The number of benzene rings is 1. The van der Waals surface area contributed by atoms with Gasteiger partial charge >= 0.3 is 12.6 Å². The Morgan fingerprint density at radius 2 is 2.04 bits per heavy atom. The van der Waals surface area contributed by atoms with Gasteiger partial charge in [0.05, 0.1) is 11.9 Å². The van der Waals surface area contributed by atoms with Gasteiger partial charge in [0, 0.05) is 61.3 Å². The lowest BCUT2D eigenvalue weighted by molar-refractivity contribution is -0.142. The minimum atomic E-state index is -3.12. The number of nitrogens with one attached hydrogen (secondary N) is 1. The van der Waals surface area contributed by atoms with Crippen LogP contribution in [0.25, 0.3) is 16.9 Å². The molecule has 6 rings (SSSR count). The van der Waals surface area contributed by atoms with Crippen LogP contribution in [-0.4, -0.2) is 97.4 Å². The molecule has 2 aliphatic rings. The molecule has 242 valence electrons. The van der Waals surface area contributed by atoms with Crippen LogP contribution in [0.15, 0.2) is 49.1 Å². The molecule has 0 aliphatic carbocycles. The maximum absolute atomic E-state index is 13.4. The van der Waals surface area contributed by atoms with Gasteiger partial charge in [-0.2, -0.15) is 19.0 Å². The van der Waals surface area contributed by atoms with Gasteiger partial charge < -0.3 is 19.7 Å². The zero-order chi connectivity index (χ0) is 32.4. The van der Waals surface area contributed by atoms with Gasteiger partial charge in [0.25, 0.3) is 5.91 Å². The maximum atomic E-state index is 13.4. The number of alkyl halides is 2. The quantitative estimate of drug-likeness (QED) is 0.253. The van der Waals surface area contributed by atoms with Crippen LogP contribution in [0, 0.1) is 0 Å². The SMILES string of the molecule is CN(CC1CCC(=O)O1)C1CCN(C(=O)Cn2cc(NC(=O)c3cnn4cccnc34)c(-c3cc(Cl)ccc3OC(F)F)n2)CC1. The van der Waals surface area contributed by atoms with Gasteiger partial charge in [0.15, 0.2) is 5.65 Å². The number of cyclic esters (lactones) is 1. The highest BCUT2D eigenvalue weighted by Crippen LogP contribution is 2.37. The van der Waals surface area contributed by atoms with E-state index in [4.69, 9.17) is 21.1 Å². The van der Waals surface area contributed by atoms with E-state index < -0.39 is 12.5 Å². The van der Waals surface area contributed by atoms with Gasteiger partial charge in [-0.1, -0.05) is 11.6 Å². The third-order valence-electron chi connectivity index (χ3n) is 8.14. The number of aromatic nitrogens is 5. The molecule has 1 atom stereocenters. The van der Waals surface area contributed by atoms with E-state index in [0.29, 0.717) is 31.7 Å². The Morgan fingerprint density at radius 1 is 1.24 bits per heavy atom. The molecule has 46 heavy (non-hydrogen) atoms. The first-order valence-corrected chi connectivity index (χ1v) is 15.1. The maximum Gasteiger partial charge on any atom is 0.387 e. The summed E-state index contributed by atoms with van der Waals surface area (Å²) in [5.41, 5.74) is 0.805. The number of nitrogens with zero attached hydrogens (tertiary/aromatic N) is 7. The molecule has 1 aromatic carbocycles. The molecule has 1 unspecified atom stereocenters. The second kappa shape index (κ2) is 13.4. The van der Waals surface area contributed by atoms with E-state index in [9.17, 15) is 23.2 Å². The standard InChI is InChI=1S/C30H31ClF2N8O5/c1-38(15-20-4-6-26(43)45-20)19-7-11-39(12-8-19)25(42)17-40-16-23(36-29(44)22-14-35-41-10-2-9-34-28(22)41)27(37-40)21-13-18(31)3-5-24(21)46-30(32)33/h2-3,5,9-10,13-14,16,19-20,30H,4,6-8,11-12,15,17H2,1H3,(H,36,44). The van der Waals surface area contributed by atoms with Gasteiger partial charge in [-0.3, -0.25) is 24.0 Å². The van der Waals surface area contributed by atoms with Gasteiger partial charge in [-0.15, -0.1) is 0 Å². The number of likely N-dealkylation sites (N-methyl/N-ethyl adjacent to an activating group) is 1. The number of rotatable bonds is 10. The number of halogens is 3. The molecule has 3 aromatic heterocycles. The highest BCUT2D eigenvalue weighted by Gasteiger charge is 2.30. The molecule has 0 bridgehead atoms. The second-order valence-electron chi connectivity index (χ2n) is 11.2. The fourth-order valence-electron chi connectivity index (χ4n) is 5.83. The fourth-order valence-corrected chi connectivity index (χ4v) is 6.00. The van der Waals surface area contributed by atoms with Crippen LogP contribution >= 0.6 is 11.6 Å². The molecule has 0 spiro atoms. The average molecular weight is 657 g/mol. The van der Waals surface area contributed by atoms with E-state index in [2.05, 4.69) is 25.4 Å². The highest BCUT2D eigenvalue weighted by molar-refractivity contribution is 6.31. The number of piperidine rings is 1. The molecule has 0 radical (unpaired) electrons. The third kappa shape index (κ3) is 6.94. The van der Waals surface area contributed by atoms with Crippen molar-refractivity contribution in [3.05, 3.63) is 59.6 Å². The number of fused-ring (bicyclic) bond motifs is 1. The second-order valence-corrected chi connectivity index (χ2v) is 11.6. The topological polar surface area (TPSA) is 136 Å². The fraction of sp³-hybridized carbons (Fsp3) is 0.400. The van der Waals surface area contributed by atoms with Crippen molar-refractivity contribution in [2.45, 2.75) is 51.0 Å². The molecule has 0 saturated carbocycles. The van der Waals surface area contributed by atoms with E-state index in [-0.39, 0.29) is 63.8 Å². The van der Waals surface area contributed by atoms with Crippen LogP contribution in [0.3, 0.4) is 0 Å². The van der Waals surface area contributed by atoms with E-state index >= 15 is 0 Å². The molecule has 5 heterocycles. The number of ether oxygens (including phenoxy) is 2. The molecule has 2 saturated heterocycles. The van der Waals surface area contributed by atoms with Crippen LogP contribution in [0.2, 0.25) is 5.02 Å². The zero-order valence-electron chi connectivity index (χ0n) is 24.8. The summed E-state index contributed by atoms with van der Waals surface area (Å²) < 4.78 is 39.5. The Morgan fingerprint density at radius 3 is 2.78 bits per heavy atom. The summed E-state index contributed by atoms with van der Waals surface area (Å²) in [4.78, 5) is 46.3. The van der Waals surface area contributed by atoms with E-state index in [1.807, 2.05) is 7.05 Å². The molecule has 2 aliphatic heterocycles. The molecular formula is C30H31ClF2N8O5. The van der Waals surface area contributed by atoms with Crippen molar-refractivity contribution in [1.29, 1.82) is 0 Å². The van der Waals surface area contributed by atoms with Gasteiger partial charge in [0.1, 0.15) is 29.7 Å². The average Bonchev–Trinajstić information content (AvgIpc) is 3.76. The summed E-state index contributed by atoms with van der Waals surface area (Å²) in [6.07, 6.45) is 8.54. The largest absolute Gasteiger partial charge is 0.461 e. The summed E-state index contributed by atoms with van der Waals surface area (Å²) in [7, 11) is 2.00. The summed E-state index contributed by atoms with van der Waals surface area (Å²) in [5.74, 6) is -1.14. The lowest BCUT2D eigenvalue weighted by Gasteiger charge is -2.37. The number of hydrogen-bond acceptors (Lipinski definition) is 9. The molecule has 2 amide bonds. The van der Waals surface area contributed by atoms with E-state index in [0.717, 1.165) is 19.3 Å². The van der Waals surface area contributed by atoms with Crippen molar-refractivity contribution >= 4 is 40.7 Å². The number of amides is 2. The van der Waals surface area contributed by atoms with Crippen molar-refractivity contribution in [2.24, 2.45) is 0 Å². The van der Waals surface area contributed by atoms with Crippen molar-refractivity contribution in [3.63, 3.8) is 0 Å². The van der Waals surface area contributed by atoms with E-state index in [1.54, 1.807) is 17.2 Å². The van der Waals surface area contributed by atoms with Crippen molar-refractivity contribution in [1.82, 2.24) is 34.2 Å². The zero-order valence-corrected chi connectivity index (χ0v) is 25.6. The van der Waals surface area contributed by atoms with Crippen LogP contribution < -0.4 is 10.1 Å². The Labute approximate surface area is 267 Å². The van der Waals surface area contributed by atoms with Crippen molar-refractivity contribution in [3.8, 4) is 17.0 Å². The number of carbonyl (C=O) groups excluding carboxylic acids is 3. The van der Waals surface area contributed by atoms with Gasteiger partial charge in [-0.05, 0) is 50.6 Å². The number of esters is 1. The Balaban J connectivity index is 1.20. The predicted octanol–water partition coefficient (Wildman–Crippen LogP) is 3.73. The highest BCUT2D eigenvalue weighted by atomic mass is 35.5. The molecule has 13 nitrogen and oxygen atoms in total. The van der Waals surface area contributed by atoms with Crippen molar-refractivity contribution < 1.29 is 32.6 Å². The monoisotopic (exact) mass is 656 g/mol. The lowest BCUT2D eigenvalue weighted by atomic mass is 10.0.